The number of hydrogen-bond acceptors (Lipinski definition) is 5. The maximum Gasteiger partial charge on any atom is 0.145 e. The number of thiophene rings is 1. The maximum absolute atomic E-state index is 5.67. The highest BCUT2D eigenvalue weighted by Crippen LogP contribution is 2.31. The van der Waals surface area contributed by atoms with Gasteiger partial charge in [-0.2, -0.15) is 0 Å². The summed E-state index contributed by atoms with van der Waals surface area (Å²) in [7, 11) is 0. The summed E-state index contributed by atoms with van der Waals surface area (Å²) in [5.74, 6) is 0.955. The van der Waals surface area contributed by atoms with Gasteiger partial charge in [-0.15, -0.1) is 11.3 Å². The van der Waals surface area contributed by atoms with Crippen LogP contribution in [0.1, 0.15) is 6.42 Å². The molecule has 0 atom stereocenters. The summed E-state index contributed by atoms with van der Waals surface area (Å²) in [6.07, 6.45) is 2.55. The van der Waals surface area contributed by atoms with Gasteiger partial charge in [0, 0.05) is 12.2 Å². The van der Waals surface area contributed by atoms with Crippen molar-refractivity contribution in [1.82, 2.24) is 9.97 Å². The van der Waals surface area contributed by atoms with E-state index in [1.165, 1.54) is 0 Å². The molecule has 102 valence electrons. The van der Waals surface area contributed by atoms with Crippen molar-refractivity contribution in [3.8, 4) is 0 Å². The van der Waals surface area contributed by atoms with E-state index in [1.54, 1.807) is 17.7 Å². The first-order chi connectivity index (χ1) is 9.90. The molecule has 0 bridgehead atoms. The third kappa shape index (κ3) is 2.50. The molecule has 5 heteroatoms. The van der Waals surface area contributed by atoms with Gasteiger partial charge in [0.2, 0.25) is 0 Å². The Balaban J connectivity index is 2.07. The van der Waals surface area contributed by atoms with E-state index in [-0.39, 0.29) is 0 Å². The van der Waals surface area contributed by atoms with Crippen LogP contribution in [0.25, 0.3) is 10.2 Å². The number of fused-ring (bicyclic) bond motifs is 1. The average Bonchev–Trinajstić information content (AvgIpc) is 2.98. The van der Waals surface area contributed by atoms with Gasteiger partial charge in [-0.25, -0.2) is 9.97 Å². The molecule has 2 heterocycles. The SMILES string of the molecule is NCCCN(c1ccccc1)c1ncnc2sccc12. The highest BCUT2D eigenvalue weighted by Gasteiger charge is 2.14. The smallest absolute Gasteiger partial charge is 0.145 e. The van der Waals surface area contributed by atoms with Gasteiger partial charge >= 0.3 is 0 Å². The number of hydrogen-bond donors (Lipinski definition) is 1. The molecule has 0 radical (unpaired) electrons. The zero-order valence-electron chi connectivity index (χ0n) is 11.1. The third-order valence-electron chi connectivity index (χ3n) is 3.15. The van der Waals surface area contributed by atoms with Gasteiger partial charge in [0.1, 0.15) is 17.0 Å². The number of anilines is 2. The average molecular weight is 284 g/mol. The fraction of sp³-hybridized carbons (Fsp3) is 0.200. The zero-order valence-corrected chi connectivity index (χ0v) is 11.9. The van der Waals surface area contributed by atoms with Crippen LogP contribution in [0.3, 0.4) is 0 Å². The lowest BCUT2D eigenvalue weighted by Gasteiger charge is -2.24. The quantitative estimate of drug-likeness (QED) is 0.782. The van der Waals surface area contributed by atoms with Crippen LogP contribution in [0.4, 0.5) is 11.5 Å². The van der Waals surface area contributed by atoms with Crippen LogP contribution in [0.15, 0.2) is 48.1 Å². The largest absolute Gasteiger partial charge is 0.330 e. The third-order valence-corrected chi connectivity index (χ3v) is 3.97. The van der Waals surface area contributed by atoms with Crippen molar-refractivity contribution in [2.45, 2.75) is 6.42 Å². The number of para-hydroxylation sites is 1. The number of benzene rings is 1. The van der Waals surface area contributed by atoms with Crippen molar-refractivity contribution >= 4 is 33.1 Å². The molecule has 0 spiro atoms. The Kier molecular flexibility index (Phi) is 3.90. The molecule has 1 aromatic carbocycles. The van der Waals surface area contributed by atoms with Crippen LogP contribution in [0, 0.1) is 0 Å². The van der Waals surface area contributed by atoms with Gasteiger partial charge in [0.25, 0.3) is 0 Å². The van der Waals surface area contributed by atoms with Crippen LogP contribution < -0.4 is 10.6 Å². The van der Waals surface area contributed by atoms with E-state index >= 15 is 0 Å². The molecule has 0 fully saturated rings. The van der Waals surface area contributed by atoms with E-state index in [1.807, 2.05) is 18.2 Å². The first kappa shape index (κ1) is 13.0. The standard InChI is InChI=1S/C15H16N4S/c16-8-4-9-19(12-5-2-1-3-6-12)14-13-7-10-20-15(13)18-11-17-14/h1-3,5-7,10-11H,4,8-9,16H2. The molecular formula is C15H16N4S. The van der Waals surface area contributed by atoms with Crippen molar-refractivity contribution in [2.75, 3.05) is 18.0 Å². The molecule has 2 aromatic heterocycles. The summed E-state index contributed by atoms with van der Waals surface area (Å²) < 4.78 is 0. The number of nitrogens with two attached hydrogens (primary N) is 1. The van der Waals surface area contributed by atoms with Gasteiger partial charge in [0.15, 0.2) is 0 Å². The monoisotopic (exact) mass is 284 g/mol. The molecule has 3 rings (SSSR count). The van der Waals surface area contributed by atoms with E-state index in [9.17, 15) is 0 Å². The summed E-state index contributed by atoms with van der Waals surface area (Å²) in [4.78, 5) is 12.0. The Morgan fingerprint density at radius 3 is 2.75 bits per heavy atom. The Bertz CT molecular complexity index is 680. The fourth-order valence-electron chi connectivity index (χ4n) is 2.21. The van der Waals surface area contributed by atoms with Gasteiger partial charge in [-0.3, -0.25) is 0 Å². The minimum atomic E-state index is 0.668. The molecule has 2 N–H and O–H groups in total. The highest BCUT2D eigenvalue weighted by molar-refractivity contribution is 7.16. The van der Waals surface area contributed by atoms with Gasteiger partial charge in [-0.1, -0.05) is 18.2 Å². The van der Waals surface area contributed by atoms with Crippen molar-refractivity contribution in [3.05, 3.63) is 48.1 Å². The van der Waals surface area contributed by atoms with E-state index in [2.05, 4.69) is 38.4 Å². The summed E-state index contributed by atoms with van der Waals surface area (Å²) >= 11 is 1.64. The number of nitrogens with zero attached hydrogens (tertiary/aromatic N) is 3. The lowest BCUT2D eigenvalue weighted by molar-refractivity contribution is 0.811. The van der Waals surface area contributed by atoms with Gasteiger partial charge in [0.05, 0.1) is 5.39 Å². The molecule has 0 aliphatic heterocycles. The number of rotatable bonds is 5. The predicted octanol–water partition coefficient (Wildman–Crippen LogP) is 3.18. The molecule has 0 aliphatic carbocycles. The van der Waals surface area contributed by atoms with Gasteiger partial charge in [-0.05, 0) is 36.5 Å². The topological polar surface area (TPSA) is 55.0 Å². The lowest BCUT2D eigenvalue weighted by Crippen LogP contribution is -2.22. The minimum absolute atomic E-state index is 0.668. The fourth-order valence-corrected chi connectivity index (χ4v) is 2.93. The Morgan fingerprint density at radius 2 is 1.95 bits per heavy atom. The molecular weight excluding hydrogens is 268 g/mol. The molecule has 0 unspecified atom stereocenters. The van der Waals surface area contributed by atoms with Crippen LogP contribution >= 0.6 is 11.3 Å². The molecule has 0 aliphatic rings. The maximum atomic E-state index is 5.67. The minimum Gasteiger partial charge on any atom is -0.330 e. The Morgan fingerprint density at radius 1 is 1.10 bits per heavy atom. The first-order valence-corrected chi connectivity index (χ1v) is 7.49. The van der Waals surface area contributed by atoms with Crippen LogP contribution in [0.5, 0.6) is 0 Å². The summed E-state index contributed by atoms with van der Waals surface area (Å²) in [6, 6.07) is 12.4. The highest BCUT2D eigenvalue weighted by atomic mass is 32.1. The van der Waals surface area contributed by atoms with Crippen molar-refractivity contribution in [1.29, 1.82) is 0 Å². The second-order valence-corrected chi connectivity index (χ2v) is 5.36. The Hall–Kier alpha value is -1.98. The van der Waals surface area contributed by atoms with Crippen LogP contribution in [-0.2, 0) is 0 Å². The first-order valence-electron chi connectivity index (χ1n) is 6.61. The molecule has 0 saturated carbocycles. The van der Waals surface area contributed by atoms with E-state index in [0.29, 0.717) is 6.54 Å². The van der Waals surface area contributed by atoms with Crippen LogP contribution in [-0.4, -0.2) is 23.1 Å². The molecule has 0 saturated heterocycles. The molecule has 0 amide bonds. The molecule has 4 nitrogen and oxygen atoms in total. The molecule has 20 heavy (non-hydrogen) atoms. The van der Waals surface area contributed by atoms with E-state index in [4.69, 9.17) is 5.73 Å². The van der Waals surface area contributed by atoms with Gasteiger partial charge < -0.3 is 10.6 Å². The second-order valence-electron chi connectivity index (χ2n) is 4.47. The van der Waals surface area contributed by atoms with Crippen molar-refractivity contribution in [3.63, 3.8) is 0 Å². The van der Waals surface area contributed by atoms with Crippen LogP contribution in [0.2, 0.25) is 0 Å². The lowest BCUT2D eigenvalue weighted by atomic mass is 10.2. The predicted molar refractivity (Wildman–Crippen MR) is 84.5 cm³/mol. The normalized spacial score (nSPS) is 10.8. The summed E-state index contributed by atoms with van der Waals surface area (Å²) in [6.45, 7) is 1.52. The molecule has 3 aromatic rings. The van der Waals surface area contributed by atoms with Crippen molar-refractivity contribution in [2.24, 2.45) is 5.73 Å². The zero-order chi connectivity index (χ0) is 13.8. The number of aromatic nitrogens is 2. The van der Waals surface area contributed by atoms with E-state index in [0.717, 1.165) is 34.7 Å². The Labute approximate surface area is 121 Å². The van der Waals surface area contributed by atoms with E-state index < -0.39 is 0 Å². The van der Waals surface area contributed by atoms with Crippen molar-refractivity contribution < 1.29 is 0 Å². The second kappa shape index (κ2) is 5.98. The summed E-state index contributed by atoms with van der Waals surface area (Å²) in [5, 5.41) is 3.15. The summed E-state index contributed by atoms with van der Waals surface area (Å²) in [5.41, 5.74) is 6.80.